The van der Waals surface area contributed by atoms with Gasteiger partial charge in [0.15, 0.2) is 0 Å². The van der Waals surface area contributed by atoms with Crippen LogP contribution in [0.3, 0.4) is 0 Å². The number of carbonyl (C=O) groups excluding carboxylic acids is 3. The molecule has 0 aliphatic carbocycles. The van der Waals surface area contributed by atoms with Crippen molar-refractivity contribution in [1.29, 1.82) is 0 Å². The van der Waals surface area contributed by atoms with E-state index in [1.54, 1.807) is 18.2 Å². The molecule has 0 saturated carbocycles. The highest BCUT2D eigenvalue weighted by atomic mass is 19.4. The van der Waals surface area contributed by atoms with Crippen LogP contribution < -0.4 is 5.32 Å². The molecule has 0 atom stereocenters. The van der Waals surface area contributed by atoms with Crippen LogP contribution in [0.5, 0.6) is 0 Å². The Hall–Kier alpha value is -4.02. The number of esters is 1. The standard InChI is InChI=1S/C40H55F3N2O14/c41-40(42,43)33-4-3-5-34(32-33)44-36-7-2-1-6-35(36)39(48)59-31-30-58-29-28-57-27-26-56-25-24-55-23-22-54-21-20-53-19-18-52-17-16-51-15-14-50-13-12-49-11-10-45-37(46)8-9-38(45)47/h1-9,32,44H,10-31H2. The Bertz CT molecular complexity index is 1480. The van der Waals surface area contributed by atoms with Crippen LogP contribution in [-0.2, 0) is 67.9 Å². The van der Waals surface area contributed by atoms with Crippen molar-refractivity contribution in [2.24, 2.45) is 0 Å². The average Bonchev–Trinajstić information content (AvgIpc) is 3.55. The van der Waals surface area contributed by atoms with Gasteiger partial charge in [-0.1, -0.05) is 18.2 Å². The maximum atomic E-state index is 13.1. The molecule has 16 nitrogen and oxygen atoms in total. The number of alkyl halides is 3. The summed E-state index contributed by atoms with van der Waals surface area (Å²) in [5, 5.41) is 2.85. The lowest BCUT2D eigenvalue weighted by atomic mass is 10.1. The lowest BCUT2D eigenvalue weighted by Gasteiger charge is -2.13. The Morgan fingerprint density at radius 2 is 0.898 bits per heavy atom. The number of amides is 2. The van der Waals surface area contributed by atoms with Crippen LogP contribution >= 0.6 is 0 Å². The number of anilines is 2. The monoisotopic (exact) mass is 844 g/mol. The predicted octanol–water partition coefficient (Wildman–Crippen LogP) is 3.70. The van der Waals surface area contributed by atoms with Crippen LogP contribution in [0.2, 0.25) is 0 Å². The number of ether oxygens (including phenoxy) is 11. The fourth-order valence-electron chi connectivity index (χ4n) is 4.86. The topological polar surface area (TPSA) is 168 Å². The molecular formula is C40H55F3N2O14. The van der Waals surface area contributed by atoms with E-state index in [0.29, 0.717) is 118 Å². The molecule has 2 aromatic carbocycles. The Labute approximate surface area is 342 Å². The Morgan fingerprint density at radius 1 is 0.508 bits per heavy atom. The second-order valence-electron chi connectivity index (χ2n) is 12.2. The van der Waals surface area contributed by atoms with Gasteiger partial charge >= 0.3 is 12.1 Å². The van der Waals surface area contributed by atoms with Gasteiger partial charge < -0.3 is 57.4 Å². The fraction of sp³-hybridized carbons (Fsp3) is 0.575. The number of carbonyl (C=O) groups is 3. The summed E-state index contributed by atoms with van der Waals surface area (Å²) in [6.45, 7) is 7.95. The summed E-state index contributed by atoms with van der Waals surface area (Å²) in [5.41, 5.74) is -0.117. The van der Waals surface area contributed by atoms with Crippen molar-refractivity contribution >= 4 is 29.2 Å². The molecule has 0 unspecified atom stereocenters. The molecule has 1 aliphatic heterocycles. The van der Waals surface area contributed by atoms with Crippen LogP contribution in [0, 0.1) is 0 Å². The molecule has 330 valence electrons. The average molecular weight is 845 g/mol. The van der Waals surface area contributed by atoms with Gasteiger partial charge in [0.25, 0.3) is 11.8 Å². The molecule has 0 spiro atoms. The zero-order valence-electron chi connectivity index (χ0n) is 33.1. The highest BCUT2D eigenvalue weighted by Gasteiger charge is 2.30. The number of nitrogens with one attached hydrogen (secondary N) is 1. The number of rotatable bonds is 36. The second kappa shape index (κ2) is 30.9. The van der Waals surface area contributed by atoms with E-state index in [-0.39, 0.29) is 56.0 Å². The smallest absolute Gasteiger partial charge is 0.416 e. The van der Waals surface area contributed by atoms with E-state index in [9.17, 15) is 27.6 Å². The van der Waals surface area contributed by atoms with Gasteiger partial charge in [-0.2, -0.15) is 13.2 Å². The molecule has 19 heteroatoms. The van der Waals surface area contributed by atoms with Crippen molar-refractivity contribution in [2.75, 3.05) is 151 Å². The number of para-hydroxylation sites is 1. The van der Waals surface area contributed by atoms with Crippen LogP contribution in [0.4, 0.5) is 24.5 Å². The molecule has 3 rings (SSSR count). The molecule has 0 radical (unpaired) electrons. The summed E-state index contributed by atoms with van der Waals surface area (Å²) in [7, 11) is 0. The van der Waals surface area contributed by atoms with Crippen LogP contribution in [0.1, 0.15) is 15.9 Å². The number of halogens is 3. The van der Waals surface area contributed by atoms with Gasteiger partial charge in [0.1, 0.15) is 6.61 Å². The van der Waals surface area contributed by atoms with E-state index >= 15 is 0 Å². The molecule has 59 heavy (non-hydrogen) atoms. The first-order valence-corrected chi connectivity index (χ1v) is 19.3. The van der Waals surface area contributed by atoms with Crippen molar-refractivity contribution in [3.8, 4) is 0 Å². The first kappa shape index (κ1) is 49.3. The number of hydrogen-bond donors (Lipinski definition) is 1. The van der Waals surface area contributed by atoms with Crippen LogP contribution in [0.15, 0.2) is 60.7 Å². The molecular weight excluding hydrogens is 789 g/mol. The number of benzene rings is 2. The number of hydrogen-bond acceptors (Lipinski definition) is 15. The van der Waals surface area contributed by atoms with E-state index < -0.39 is 17.7 Å². The van der Waals surface area contributed by atoms with Crippen molar-refractivity contribution in [2.45, 2.75) is 6.18 Å². The fourth-order valence-corrected chi connectivity index (χ4v) is 4.86. The van der Waals surface area contributed by atoms with Crippen molar-refractivity contribution in [1.82, 2.24) is 4.90 Å². The van der Waals surface area contributed by atoms with E-state index in [1.807, 2.05) is 0 Å². The van der Waals surface area contributed by atoms with Crippen molar-refractivity contribution in [3.05, 3.63) is 71.8 Å². The van der Waals surface area contributed by atoms with Gasteiger partial charge in [-0.25, -0.2) is 4.79 Å². The maximum Gasteiger partial charge on any atom is 0.416 e. The summed E-state index contributed by atoms with van der Waals surface area (Å²) in [4.78, 5) is 36.6. The minimum Gasteiger partial charge on any atom is -0.460 e. The first-order valence-electron chi connectivity index (χ1n) is 19.3. The molecule has 2 aromatic rings. The summed E-state index contributed by atoms with van der Waals surface area (Å²) in [5.74, 6) is -1.28. The summed E-state index contributed by atoms with van der Waals surface area (Å²) in [6, 6.07) is 11.1. The van der Waals surface area contributed by atoms with Crippen molar-refractivity contribution in [3.63, 3.8) is 0 Å². The van der Waals surface area contributed by atoms with Gasteiger partial charge in [0.05, 0.1) is 155 Å². The molecule has 0 fully saturated rings. The minimum atomic E-state index is -4.48. The minimum absolute atomic E-state index is 0.0110. The van der Waals surface area contributed by atoms with Crippen molar-refractivity contribution < 1.29 is 79.7 Å². The molecule has 1 N–H and O–H groups in total. The number of nitrogens with zero attached hydrogens (tertiary/aromatic N) is 1. The first-order chi connectivity index (χ1) is 28.8. The van der Waals surface area contributed by atoms with Gasteiger partial charge in [0.2, 0.25) is 0 Å². The third-order valence-corrected chi connectivity index (χ3v) is 7.78. The molecule has 1 aliphatic rings. The van der Waals surface area contributed by atoms with Crippen LogP contribution in [-0.4, -0.2) is 168 Å². The SMILES string of the molecule is O=C(OCCOCCOCCOCCOCCOCCOCCOCCOCCOCCOCCN1C(=O)C=CC1=O)c1ccccc1Nc1cccc(C(F)(F)F)c1. The van der Waals surface area contributed by atoms with E-state index in [4.69, 9.17) is 52.1 Å². The zero-order valence-corrected chi connectivity index (χ0v) is 33.1. The van der Waals surface area contributed by atoms with Gasteiger partial charge in [0, 0.05) is 17.8 Å². The Morgan fingerprint density at radius 3 is 1.32 bits per heavy atom. The predicted molar refractivity (Wildman–Crippen MR) is 206 cm³/mol. The normalized spacial score (nSPS) is 12.8. The second-order valence-corrected chi connectivity index (χ2v) is 12.2. The molecule has 2 amide bonds. The van der Waals surface area contributed by atoms with Gasteiger partial charge in [-0.15, -0.1) is 0 Å². The molecule has 0 saturated heterocycles. The molecule has 0 bridgehead atoms. The van der Waals surface area contributed by atoms with Gasteiger partial charge in [-0.3, -0.25) is 14.5 Å². The number of imide groups is 1. The van der Waals surface area contributed by atoms with Crippen LogP contribution in [0.25, 0.3) is 0 Å². The third-order valence-electron chi connectivity index (χ3n) is 7.78. The zero-order chi connectivity index (χ0) is 42.2. The van der Waals surface area contributed by atoms with E-state index in [2.05, 4.69) is 5.32 Å². The Kier molecular flexibility index (Phi) is 25.9. The van der Waals surface area contributed by atoms with E-state index in [1.165, 1.54) is 30.4 Å². The summed E-state index contributed by atoms with van der Waals surface area (Å²) >= 11 is 0. The Balaban J connectivity index is 0.980. The molecule has 1 heterocycles. The largest absolute Gasteiger partial charge is 0.460 e. The lowest BCUT2D eigenvalue weighted by molar-refractivity contribution is -0.138. The highest BCUT2D eigenvalue weighted by Crippen LogP contribution is 2.32. The maximum absolute atomic E-state index is 13.1. The van der Waals surface area contributed by atoms with Gasteiger partial charge in [-0.05, 0) is 30.3 Å². The summed E-state index contributed by atoms with van der Waals surface area (Å²) in [6.07, 6.45) is -2.00. The third kappa shape index (κ3) is 22.8. The molecule has 0 aromatic heterocycles. The highest BCUT2D eigenvalue weighted by molar-refractivity contribution is 6.12. The quantitative estimate of drug-likeness (QED) is 0.0599. The lowest BCUT2D eigenvalue weighted by Crippen LogP contribution is -2.33. The summed E-state index contributed by atoms with van der Waals surface area (Å²) < 4.78 is 98.9. The van der Waals surface area contributed by atoms with E-state index in [0.717, 1.165) is 17.0 Å².